The van der Waals surface area contributed by atoms with Gasteiger partial charge in [0.05, 0.1) is 6.34 Å². The number of anilines is 1. The van der Waals surface area contributed by atoms with Gasteiger partial charge in [-0.15, -0.1) is 0 Å². The highest BCUT2D eigenvalue weighted by Gasteiger charge is 2.15. The molecule has 100 valence electrons. The van der Waals surface area contributed by atoms with Crippen LogP contribution in [0.3, 0.4) is 0 Å². The zero-order chi connectivity index (χ0) is 13.2. The van der Waals surface area contributed by atoms with Crippen LogP contribution in [0.5, 0.6) is 0 Å². The van der Waals surface area contributed by atoms with Gasteiger partial charge in [0.2, 0.25) is 0 Å². The Morgan fingerprint density at radius 2 is 2.28 bits per heavy atom. The molecule has 18 heavy (non-hydrogen) atoms. The second-order valence-corrected chi connectivity index (χ2v) is 4.24. The number of nitrogens with zero attached hydrogens (tertiary/aromatic N) is 1. The van der Waals surface area contributed by atoms with Gasteiger partial charge < -0.3 is 16.0 Å². The molecule has 0 aromatic carbocycles. The van der Waals surface area contributed by atoms with Crippen LogP contribution >= 0.6 is 0 Å². The van der Waals surface area contributed by atoms with E-state index in [1.165, 1.54) is 12.8 Å². The molecule has 4 N–H and O–H groups in total. The molecule has 1 aromatic heterocycles. The minimum atomic E-state index is -0.0470. The second-order valence-electron chi connectivity index (χ2n) is 4.24. The average Bonchev–Trinajstić information content (AvgIpc) is 2.39. The molecule has 5 heteroatoms. The van der Waals surface area contributed by atoms with E-state index in [2.05, 4.69) is 34.8 Å². The average molecular weight is 249 g/mol. The number of hydrogen-bond acceptors (Lipinski definition) is 4. The van der Waals surface area contributed by atoms with Crippen LogP contribution in [0, 0.1) is 5.41 Å². The summed E-state index contributed by atoms with van der Waals surface area (Å²) in [5, 5.41) is 16.9. The normalized spacial score (nSPS) is 13.7. The van der Waals surface area contributed by atoms with Gasteiger partial charge in [-0.3, -0.25) is 5.41 Å². The van der Waals surface area contributed by atoms with E-state index < -0.39 is 0 Å². The molecule has 0 amide bonds. The van der Waals surface area contributed by atoms with Crippen LogP contribution in [0.25, 0.3) is 0 Å². The van der Waals surface area contributed by atoms with Crippen LogP contribution in [0.4, 0.5) is 5.82 Å². The second kappa shape index (κ2) is 8.47. The lowest BCUT2D eigenvalue weighted by molar-refractivity contribution is 0.455. The molecule has 0 saturated heterocycles. The molecule has 0 bridgehead atoms. The Hall–Kier alpha value is -1.62. The van der Waals surface area contributed by atoms with Gasteiger partial charge >= 0.3 is 0 Å². The van der Waals surface area contributed by atoms with Gasteiger partial charge in [0.15, 0.2) is 0 Å². The summed E-state index contributed by atoms with van der Waals surface area (Å²) in [6.45, 7) is 5.25. The maximum Gasteiger partial charge on any atom is 0.127 e. The molecule has 0 spiro atoms. The molecule has 0 aliphatic rings. The van der Waals surface area contributed by atoms with Gasteiger partial charge in [-0.05, 0) is 32.0 Å². The zero-order valence-electron chi connectivity index (χ0n) is 11.1. The summed E-state index contributed by atoms with van der Waals surface area (Å²) in [6, 6.07) is 5.94. The highest BCUT2D eigenvalue weighted by atomic mass is 15.2. The van der Waals surface area contributed by atoms with E-state index >= 15 is 0 Å². The third-order valence-corrected chi connectivity index (χ3v) is 2.73. The van der Waals surface area contributed by atoms with E-state index in [-0.39, 0.29) is 12.2 Å². The third-order valence-electron chi connectivity index (χ3n) is 2.73. The van der Waals surface area contributed by atoms with Crippen molar-refractivity contribution < 1.29 is 0 Å². The van der Waals surface area contributed by atoms with Crippen LogP contribution in [0.1, 0.15) is 26.7 Å². The molecule has 1 aromatic rings. The first-order valence-corrected chi connectivity index (χ1v) is 6.44. The van der Waals surface area contributed by atoms with E-state index in [9.17, 15) is 0 Å². The molecular formula is C13H23N5. The van der Waals surface area contributed by atoms with E-state index in [1.54, 1.807) is 6.20 Å². The molecule has 1 rings (SSSR count). The molecule has 0 saturated carbocycles. The van der Waals surface area contributed by atoms with Crippen molar-refractivity contribution in [2.75, 3.05) is 11.9 Å². The Morgan fingerprint density at radius 3 is 2.89 bits per heavy atom. The molecular weight excluding hydrogens is 226 g/mol. The molecule has 2 atom stereocenters. The summed E-state index contributed by atoms with van der Waals surface area (Å²) in [5.41, 5.74) is 0. The fourth-order valence-corrected chi connectivity index (χ4v) is 1.63. The Balaban J connectivity index is 2.50. The highest BCUT2D eigenvalue weighted by molar-refractivity contribution is 5.52. The van der Waals surface area contributed by atoms with Crippen molar-refractivity contribution in [2.24, 2.45) is 0 Å². The molecule has 0 aliphatic carbocycles. The van der Waals surface area contributed by atoms with Gasteiger partial charge in [0, 0.05) is 12.2 Å². The first-order valence-electron chi connectivity index (χ1n) is 6.44. The highest BCUT2D eigenvalue weighted by Crippen LogP contribution is 2.03. The van der Waals surface area contributed by atoms with Crippen molar-refractivity contribution in [3.63, 3.8) is 0 Å². The van der Waals surface area contributed by atoms with Crippen molar-refractivity contribution in [3.8, 4) is 0 Å². The minimum absolute atomic E-state index is 0.0470. The standard InChI is InChI=1S/C13H23N5/c1-3-4-8-15-11(2)13(17-10-14)18-12-7-5-6-9-16-12/h5-7,9-11,13,15H,3-4,8H2,1-2H3,(H2,14,17)(H,16,18). The number of pyridine rings is 1. The van der Waals surface area contributed by atoms with Crippen molar-refractivity contribution in [1.82, 2.24) is 15.6 Å². The SMILES string of the molecule is CCCCNC(C)C(NC=N)Nc1ccccn1. The Bertz CT molecular complexity index is 327. The Morgan fingerprint density at radius 1 is 1.44 bits per heavy atom. The quantitative estimate of drug-likeness (QED) is 0.233. The number of unbranched alkanes of at least 4 members (excludes halogenated alkanes) is 1. The lowest BCUT2D eigenvalue weighted by Crippen LogP contribution is -2.50. The summed E-state index contributed by atoms with van der Waals surface area (Å²) < 4.78 is 0. The van der Waals surface area contributed by atoms with Crippen molar-refractivity contribution in [2.45, 2.75) is 38.9 Å². The molecule has 1 heterocycles. The summed E-state index contributed by atoms with van der Waals surface area (Å²) in [7, 11) is 0. The van der Waals surface area contributed by atoms with E-state index in [1.807, 2.05) is 18.2 Å². The predicted molar refractivity (Wildman–Crippen MR) is 75.9 cm³/mol. The topological polar surface area (TPSA) is 72.8 Å². The molecule has 0 fully saturated rings. The smallest absolute Gasteiger partial charge is 0.127 e. The van der Waals surface area contributed by atoms with Crippen LogP contribution in [-0.2, 0) is 0 Å². The van der Waals surface area contributed by atoms with Crippen LogP contribution in [0.15, 0.2) is 24.4 Å². The first kappa shape index (κ1) is 14.4. The zero-order valence-corrected chi connectivity index (χ0v) is 11.1. The minimum Gasteiger partial charge on any atom is -0.355 e. The van der Waals surface area contributed by atoms with Gasteiger partial charge in [0.1, 0.15) is 12.0 Å². The van der Waals surface area contributed by atoms with Gasteiger partial charge in [-0.2, -0.15) is 0 Å². The summed E-state index contributed by atoms with van der Waals surface area (Å²) >= 11 is 0. The third kappa shape index (κ3) is 5.14. The summed E-state index contributed by atoms with van der Waals surface area (Å²) in [5.74, 6) is 0.806. The van der Waals surface area contributed by atoms with Gasteiger partial charge in [-0.1, -0.05) is 19.4 Å². The number of hydrogen-bond donors (Lipinski definition) is 4. The number of rotatable bonds is 9. The molecule has 2 unspecified atom stereocenters. The monoisotopic (exact) mass is 249 g/mol. The Labute approximate surface area is 109 Å². The maximum atomic E-state index is 7.18. The number of aromatic nitrogens is 1. The van der Waals surface area contributed by atoms with Crippen LogP contribution in [-0.4, -0.2) is 30.1 Å². The van der Waals surface area contributed by atoms with Crippen LogP contribution in [0.2, 0.25) is 0 Å². The fraction of sp³-hybridized carbons (Fsp3) is 0.538. The molecule has 5 nitrogen and oxygen atoms in total. The van der Waals surface area contributed by atoms with Gasteiger partial charge in [-0.25, -0.2) is 4.98 Å². The summed E-state index contributed by atoms with van der Waals surface area (Å²) in [6.07, 6.45) is 5.24. The van der Waals surface area contributed by atoms with Crippen molar-refractivity contribution in [1.29, 1.82) is 5.41 Å². The molecule has 0 aliphatic heterocycles. The van der Waals surface area contributed by atoms with E-state index in [0.717, 1.165) is 18.8 Å². The fourth-order valence-electron chi connectivity index (χ4n) is 1.63. The summed E-state index contributed by atoms with van der Waals surface area (Å²) in [4.78, 5) is 4.23. The van der Waals surface area contributed by atoms with Crippen molar-refractivity contribution >= 4 is 12.2 Å². The number of nitrogens with one attached hydrogen (secondary N) is 4. The van der Waals surface area contributed by atoms with E-state index in [4.69, 9.17) is 5.41 Å². The van der Waals surface area contributed by atoms with E-state index in [0.29, 0.717) is 0 Å². The van der Waals surface area contributed by atoms with Crippen LogP contribution < -0.4 is 16.0 Å². The van der Waals surface area contributed by atoms with Crippen molar-refractivity contribution in [3.05, 3.63) is 24.4 Å². The maximum absolute atomic E-state index is 7.18. The lowest BCUT2D eigenvalue weighted by Gasteiger charge is -2.26. The lowest BCUT2D eigenvalue weighted by atomic mass is 10.2. The predicted octanol–water partition coefficient (Wildman–Crippen LogP) is 1.79. The molecule has 0 radical (unpaired) electrons. The van der Waals surface area contributed by atoms with Gasteiger partial charge in [0.25, 0.3) is 0 Å². The first-order chi connectivity index (χ1) is 8.77. The Kier molecular flexibility index (Phi) is 6.79. The largest absolute Gasteiger partial charge is 0.355 e.